The van der Waals surface area contributed by atoms with Crippen LogP contribution in [0.5, 0.6) is 0 Å². The number of nitrogens with one attached hydrogen (secondary N) is 1. The first-order valence-corrected chi connectivity index (χ1v) is 9.98. The smallest absolute Gasteiger partial charge is 0.326 e. The minimum absolute atomic E-state index is 0.0253. The van der Waals surface area contributed by atoms with Gasteiger partial charge < -0.3 is 10.6 Å². The van der Waals surface area contributed by atoms with Crippen LogP contribution >= 0.6 is 0 Å². The van der Waals surface area contributed by atoms with Crippen molar-refractivity contribution in [3.05, 3.63) is 34.9 Å². The normalized spacial score (nSPS) is 27.9. The summed E-state index contributed by atoms with van der Waals surface area (Å²) < 4.78 is 40.8. The van der Waals surface area contributed by atoms with E-state index in [1.807, 2.05) is 0 Å². The van der Waals surface area contributed by atoms with Crippen LogP contribution in [-0.4, -0.2) is 58.4 Å². The van der Waals surface area contributed by atoms with E-state index in [4.69, 9.17) is 5.73 Å². The van der Waals surface area contributed by atoms with E-state index in [9.17, 15) is 27.6 Å². The molecule has 0 radical (unpaired) electrons. The Hall–Kier alpha value is -2.46. The number of carbonyl (C=O) groups is 3. The number of benzene rings is 1. The lowest BCUT2D eigenvalue weighted by Gasteiger charge is -2.40. The molecule has 0 saturated carbocycles. The summed E-state index contributed by atoms with van der Waals surface area (Å²) in [6, 6.07) is 1.50. The fourth-order valence-electron chi connectivity index (χ4n) is 4.74. The van der Waals surface area contributed by atoms with E-state index in [0.717, 1.165) is 0 Å². The van der Waals surface area contributed by atoms with Crippen molar-refractivity contribution in [1.82, 2.24) is 15.1 Å². The molecule has 3 unspecified atom stereocenters. The van der Waals surface area contributed by atoms with Crippen LogP contribution in [0.15, 0.2) is 18.2 Å². The number of rotatable bonds is 3. The van der Waals surface area contributed by atoms with Gasteiger partial charge in [-0.15, -0.1) is 0 Å². The number of imide groups is 1. The first-order chi connectivity index (χ1) is 14.2. The van der Waals surface area contributed by atoms with Gasteiger partial charge in [0, 0.05) is 31.1 Å². The summed E-state index contributed by atoms with van der Waals surface area (Å²) in [4.78, 5) is 39.2. The van der Waals surface area contributed by atoms with Crippen molar-refractivity contribution in [2.75, 3.05) is 6.54 Å². The number of piperidine rings is 2. The van der Waals surface area contributed by atoms with Gasteiger partial charge in [-0.25, -0.2) is 0 Å². The Kier molecular flexibility index (Phi) is 5.31. The van der Waals surface area contributed by atoms with E-state index in [-0.39, 0.29) is 44.3 Å². The van der Waals surface area contributed by atoms with Gasteiger partial charge in [0.25, 0.3) is 5.91 Å². The maximum atomic E-state index is 13.6. The summed E-state index contributed by atoms with van der Waals surface area (Å²) in [6.45, 7) is 0.428. The highest BCUT2D eigenvalue weighted by Crippen LogP contribution is 2.35. The largest absolute Gasteiger partial charge is 0.405 e. The zero-order valence-corrected chi connectivity index (χ0v) is 16.2. The highest BCUT2D eigenvalue weighted by molar-refractivity contribution is 6.05. The predicted molar refractivity (Wildman–Crippen MR) is 99.9 cm³/mol. The molecule has 3 aliphatic rings. The van der Waals surface area contributed by atoms with Crippen LogP contribution in [0.4, 0.5) is 13.2 Å². The standard InChI is InChI=1S/C20H23F3N4O3/c21-20(22,23)17-14(24)5-2-8-26(17)9-11-3-1-4-12-13(11)10-27(19(12)30)15-6-7-16(28)25-18(15)29/h1,3-4,14-15,17H,2,5-10,24H2,(H,25,28,29). The molecule has 0 spiro atoms. The van der Waals surface area contributed by atoms with Crippen molar-refractivity contribution < 1.29 is 27.6 Å². The van der Waals surface area contributed by atoms with Crippen LogP contribution in [0.2, 0.25) is 0 Å². The topological polar surface area (TPSA) is 95.7 Å². The van der Waals surface area contributed by atoms with Crippen LogP contribution in [0.1, 0.15) is 47.2 Å². The summed E-state index contributed by atoms with van der Waals surface area (Å²) in [7, 11) is 0. The first kappa shape index (κ1) is 20.8. The van der Waals surface area contributed by atoms with Gasteiger partial charge in [0.2, 0.25) is 11.8 Å². The van der Waals surface area contributed by atoms with Gasteiger partial charge in [-0.3, -0.25) is 24.6 Å². The fraction of sp³-hybridized carbons (Fsp3) is 0.550. The van der Waals surface area contributed by atoms with E-state index in [1.54, 1.807) is 18.2 Å². The van der Waals surface area contributed by atoms with Crippen molar-refractivity contribution in [2.24, 2.45) is 5.73 Å². The third kappa shape index (κ3) is 3.69. The maximum Gasteiger partial charge on any atom is 0.405 e. The molecule has 3 N–H and O–H groups in total. The molecule has 3 heterocycles. The zero-order chi connectivity index (χ0) is 21.6. The number of amides is 3. The van der Waals surface area contributed by atoms with Gasteiger partial charge >= 0.3 is 6.18 Å². The minimum atomic E-state index is -4.44. The number of hydrogen-bond donors (Lipinski definition) is 2. The van der Waals surface area contributed by atoms with E-state index >= 15 is 0 Å². The molecule has 1 aromatic rings. The Morgan fingerprint density at radius 3 is 2.63 bits per heavy atom. The number of fused-ring (bicyclic) bond motifs is 1. The highest BCUT2D eigenvalue weighted by Gasteiger charge is 2.49. The molecule has 1 aromatic carbocycles. The quantitative estimate of drug-likeness (QED) is 0.714. The number of carbonyl (C=O) groups excluding carboxylic acids is 3. The monoisotopic (exact) mass is 424 g/mol. The molecule has 4 rings (SSSR count). The zero-order valence-electron chi connectivity index (χ0n) is 16.2. The second kappa shape index (κ2) is 7.66. The Bertz CT molecular complexity index is 889. The molecule has 2 saturated heterocycles. The van der Waals surface area contributed by atoms with Crippen molar-refractivity contribution in [1.29, 1.82) is 0 Å². The molecular weight excluding hydrogens is 401 g/mol. The molecule has 0 aliphatic carbocycles. The van der Waals surface area contributed by atoms with Gasteiger partial charge in [0.1, 0.15) is 12.1 Å². The molecule has 2 fully saturated rings. The summed E-state index contributed by atoms with van der Waals surface area (Å²) in [6.07, 6.45) is -3.18. The van der Waals surface area contributed by atoms with Crippen LogP contribution in [0.25, 0.3) is 0 Å². The van der Waals surface area contributed by atoms with Crippen molar-refractivity contribution in [3.8, 4) is 0 Å². The molecule has 0 aromatic heterocycles. The third-order valence-corrected chi connectivity index (χ3v) is 6.17. The molecule has 3 amide bonds. The minimum Gasteiger partial charge on any atom is -0.326 e. The Morgan fingerprint density at radius 2 is 1.93 bits per heavy atom. The number of likely N-dealkylation sites (tertiary alicyclic amines) is 1. The molecular formula is C20H23F3N4O3. The molecule has 30 heavy (non-hydrogen) atoms. The first-order valence-electron chi connectivity index (χ1n) is 9.98. The third-order valence-electron chi connectivity index (χ3n) is 6.17. The van der Waals surface area contributed by atoms with E-state index in [2.05, 4.69) is 5.32 Å². The second-order valence-electron chi connectivity index (χ2n) is 8.11. The van der Waals surface area contributed by atoms with Gasteiger partial charge in [-0.05, 0) is 43.0 Å². The predicted octanol–water partition coefficient (Wildman–Crippen LogP) is 1.30. The van der Waals surface area contributed by atoms with Gasteiger partial charge in [0.15, 0.2) is 0 Å². The molecule has 0 bridgehead atoms. The van der Waals surface area contributed by atoms with E-state index < -0.39 is 30.2 Å². The Morgan fingerprint density at radius 1 is 1.17 bits per heavy atom. The van der Waals surface area contributed by atoms with Crippen molar-refractivity contribution in [2.45, 2.75) is 63.1 Å². The summed E-state index contributed by atoms with van der Waals surface area (Å²) in [5, 5.41) is 2.24. The number of nitrogens with zero attached hydrogens (tertiary/aromatic N) is 2. The molecule has 10 heteroatoms. The van der Waals surface area contributed by atoms with E-state index in [1.165, 1.54) is 9.80 Å². The highest BCUT2D eigenvalue weighted by atomic mass is 19.4. The fourth-order valence-corrected chi connectivity index (χ4v) is 4.74. The van der Waals surface area contributed by atoms with Gasteiger partial charge in [-0.1, -0.05) is 12.1 Å². The van der Waals surface area contributed by atoms with Crippen LogP contribution in [0, 0.1) is 0 Å². The maximum absolute atomic E-state index is 13.6. The molecule has 3 aliphatic heterocycles. The Balaban J connectivity index is 1.58. The summed E-state index contributed by atoms with van der Waals surface area (Å²) in [5.41, 5.74) is 7.44. The Labute approximate surface area is 171 Å². The average Bonchev–Trinajstić information content (AvgIpc) is 2.98. The molecule has 162 valence electrons. The van der Waals surface area contributed by atoms with Crippen LogP contribution in [0.3, 0.4) is 0 Å². The number of hydrogen-bond acceptors (Lipinski definition) is 5. The van der Waals surface area contributed by atoms with Gasteiger partial charge in [-0.2, -0.15) is 13.2 Å². The van der Waals surface area contributed by atoms with Crippen LogP contribution in [-0.2, 0) is 22.7 Å². The summed E-state index contributed by atoms with van der Waals surface area (Å²) >= 11 is 0. The van der Waals surface area contributed by atoms with Gasteiger partial charge in [0.05, 0.1) is 0 Å². The SMILES string of the molecule is NC1CCCN(Cc2cccc3c2CN(C2CCC(=O)NC2=O)C3=O)C1C(F)(F)F. The molecule has 3 atom stereocenters. The lowest BCUT2D eigenvalue weighted by molar-refractivity contribution is -0.197. The van der Waals surface area contributed by atoms with Crippen LogP contribution < -0.4 is 11.1 Å². The molecule has 7 nitrogen and oxygen atoms in total. The lowest BCUT2D eigenvalue weighted by Crippen LogP contribution is -2.58. The average molecular weight is 424 g/mol. The van der Waals surface area contributed by atoms with Crippen molar-refractivity contribution >= 4 is 17.7 Å². The number of halogens is 3. The summed E-state index contributed by atoms with van der Waals surface area (Å²) in [5.74, 6) is -1.24. The number of nitrogens with two attached hydrogens (primary N) is 1. The van der Waals surface area contributed by atoms with Crippen molar-refractivity contribution in [3.63, 3.8) is 0 Å². The van der Waals surface area contributed by atoms with E-state index in [0.29, 0.717) is 29.5 Å². The number of alkyl halides is 3. The second-order valence-corrected chi connectivity index (χ2v) is 8.11. The lowest BCUT2D eigenvalue weighted by atomic mass is 9.94.